The Morgan fingerprint density at radius 3 is 2.54 bits per heavy atom. The van der Waals surface area contributed by atoms with E-state index in [4.69, 9.17) is 5.21 Å². The maximum absolute atomic E-state index is 11.4. The average Bonchev–Trinajstić information content (AvgIpc) is 3.02. The Morgan fingerprint density at radius 1 is 1.15 bits per heavy atom. The summed E-state index contributed by atoms with van der Waals surface area (Å²) in [5.74, 6) is 0.246. The van der Waals surface area contributed by atoms with Gasteiger partial charge >= 0.3 is 0 Å². The predicted molar refractivity (Wildman–Crippen MR) is 101 cm³/mol. The Morgan fingerprint density at radius 2 is 1.88 bits per heavy atom. The first kappa shape index (κ1) is 18.0. The van der Waals surface area contributed by atoms with Crippen molar-refractivity contribution in [3.63, 3.8) is 0 Å². The van der Waals surface area contributed by atoms with Crippen LogP contribution < -0.4 is 10.4 Å². The molecule has 0 saturated heterocycles. The summed E-state index contributed by atoms with van der Waals surface area (Å²) in [4.78, 5) is 14.3. The zero-order valence-electron chi connectivity index (χ0n) is 14.7. The van der Waals surface area contributed by atoms with Gasteiger partial charge in [0.25, 0.3) is 5.91 Å². The summed E-state index contributed by atoms with van der Waals surface area (Å²) in [5.41, 5.74) is 4.09. The molecule has 0 spiro atoms. The summed E-state index contributed by atoms with van der Waals surface area (Å²) in [6, 6.07) is 15.0. The summed E-state index contributed by atoms with van der Waals surface area (Å²) in [5, 5.41) is 18.0. The predicted octanol–water partition coefficient (Wildman–Crippen LogP) is 2.82. The van der Waals surface area contributed by atoms with Crippen LogP contribution >= 0.6 is 11.8 Å². The van der Waals surface area contributed by atoms with E-state index in [9.17, 15) is 4.79 Å². The van der Waals surface area contributed by atoms with E-state index in [1.165, 1.54) is 11.8 Å². The number of hydroxylamine groups is 1. The molecule has 3 aromatic rings. The minimum Gasteiger partial charge on any atom is -0.378 e. The van der Waals surface area contributed by atoms with Crippen LogP contribution in [0.3, 0.4) is 0 Å². The molecule has 0 bridgehead atoms. The summed E-state index contributed by atoms with van der Waals surface area (Å²) in [7, 11) is 5.92. The summed E-state index contributed by atoms with van der Waals surface area (Å²) in [6.45, 7) is 0. The number of carbonyl (C=O) groups excluding carboxylic acids is 1. The lowest BCUT2D eigenvalue weighted by Gasteiger charge is -2.13. The third-order valence-electron chi connectivity index (χ3n) is 3.88. The van der Waals surface area contributed by atoms with Gasteiger partial charge in [-0.25, -0.2) is 5.48 Å². The van der Waals surface area contributed by atoms with Gasteiger partial charge < -0.3 is 9.47 Å². The van der Waals surface area contributed by atoms with Crippen molar-refractivity contribution in [2.24, 2.45) is 7.05 Å². The molecular formula is C18H19N5O2S. The molecule has 0 aliphatic heterocycles. The first-order chi connectivity index (χ1) is 12.5. The van der Waals surface area contributed by atoms with E-state index in [1.54, 1.807) is 29.7 Å². The van der Waals surface area contributed by atoms with Crippen molar-refractivity contribution in [1.29, 1.82) is 0 Å². The van der Waals surface area contributed by atoms with Crippen LogP contribution in [0.25, 0.3) is 11.4 Å². The number of nitrogens with one attached hydrogen (secondary N) is 1. The lowest BCUT2D eigenvalue weighted by atomic mass is 10.2. The molecule has 2 N–H and O–H groups in total. The monoisotopic (exact) mass is 369 g/mol. The molecule has 134 valence electrons. The van der Waals surface area contributed by atoms with Crippen LogP contribution in [0.15, 0.2) is 58.6 Å². The van der Waals surface area contributed by atoms with Crippen molar-refractivity contribution in [3.05, 3.63) is 54.1 Å². The maximum atomic E-state index is 11.4. The Kier molecular flexibility index (Phi) is 5.24. The molecule has 0 aliphatic carbocycles. The number of benzene rings is 2. The van der Waals surface area contributed by atoms with E-state index in [2.05, 4.69) is 16.3 Å². The van der Waals surface area contributed by atoms with Gasteiger partial charge in [-0.2, -0.15) is 0 Å². The van der Waals surface area contributed by atoms with Crippen molar-refractivity contribution in [1.82, 2.24) is 20.2 Å². The van der Waals surface area contributed by atoms with Gasteiger partial charge in [-0.15, -0.1) is 10.2 Å². The fraction of sp³-hybridized carbons (Fsp3) is 0.167. The number of hydrogen-bond donors (Lipinski definition) is 2. The number of carbonyl (C=O) groups is 1. The molecule has 0 unspecified atom stereocenters. The minimum atomic E-state index is -0.539. The van der Waals surface area contributed by atoms with Crippen molar-refractivity contribution < 1.29 is 10.0 Å². The second kappa shape index (κ2) is 7.59. The molecule has 0 saturated carbocycles. The highest BCUT2D eigenvalue weighted by atomic mass is 32.2. The number of nitrogens with zero attached hydrogens (tertiary/aromatic N) is 4. The standard InChI is InChI=1S/C18H19N5O2S/c1-22(2)14-6-4-5-13(11-14)16-19-20-18(23(16)3)26-15-9-7-12(8-10-15)17(24)21-25/h4-11,25H,1-3H3,(H,21,24). The van der Waals surface area contributed by atoms with Crippen LogP contribution in [0.4, 0.5) is 5.69 Å². The lowest BCUT2D eigenvalue weighted by molar-refractivity contribution is 0.0706. The van der Waals surface area contributed by atoms with Crippen molar-refractivity contribution >= 4 is 23.4 Å². The van der Waals surface area contributed by atoms with E-state index in [1.807, 2.05) is 48.8 Å². The Hall–Kier alpha value is -2.84. The fourth-order valence-corrected chi connectivity index (χ4v) is 3.21. The molecule has 1 heterocycles. The van der Waals surface area contributed by atoms with E-state index < -0.39 is 5.91 Å². The Balaban J connectivity index is 1.83. The summed E-state index contributed by atoms with van der Waals surface area (Å²) in [6.07, 6.45) is 0. The van der Waals surface area contributed by atoms with Gasteiger partial charge in [0, 0.05) is 42.9 Å². The molecule has 26 heavy (non-hydrogen) atoms. The number of anilines is 1. The highest BCUT2D eigenvalue weighted by Gasteiger charge is 2.13. The molecular weight excluding hydrogens is 350 g/mol. The molecule has 0 aliphatic rings. The highest BCUT2D eigenvalue weighted by molar-refractivity contribution is 7.99. The van der Waals surface area contributed by atoms with Crippen LogP contribution in [0, 0.1) is 0 Å². The number of rotatable bonds is 5. The van der Waals surface area contributed by atoms with Crippen LogP contribution in [-0.2, 0) is 7.05 Å². The number of amides is 1. The Labute approximate surface area is 155 Å². The third-order valence-corrected chi connectivity index (χ3v) is 4.93. The Bertz CT molecular complexity index is 922. The van der Waals surface area contributed by atoms with Gasteiger partial charge in [0.1, 0.15) is 0 Å². The zero-order chi connectivity index (χ0) is 18.7. The van der Waals surface area contributed by atoms with Crippen molar-refractivity contribution in [3.8, 4) is 11.4 Å². The number of aromatic nitrogens is 3. The molecule has 7 nitrogen and oxygen atoms in total. The van der Waals surface area contributed by atoms with E-state index in [0.717, 1.165) is 27.1 Å². The van der Waals surface area contributed by atoms with Crippen LogP contribution in [0.5, 0.6) is 0 Å². The van der Waals surface area contributed by atoms with Gasteiger partial charge in [-0.1, -0.05) is 12.1 Å². The topological polar surface area (TPSA) is 83.3 Å². The maximum Gasteiger partial charge on any atom is 0.274 e. The molecule has 0 radical (unpaired) electrons. The van der Waals surface area contributed by atoms with Crippen LogP contribution in [-0.4, -0.2) is 40.0 Å². The SMILES string of the molecule is CN(C)c1cccc(-c2nnc(Sc3ccc(C(=O)NO)cc3)n2C)c1. The van der Waals surface area contributed by atoms with Crippen LogP contribution in [0.1, 0.15) is 10.4 Å². The molecule has 1 amide bonds. The van der Waals surface area contributed by atoms with Crippen LogP contribution in [0.2, 0.25) is 0 Å². The van der Waals surface area contributed by atoms with E-state index in [0.29, 0.717) is 5.56 Å². The van der Waals surface area contributed by atoms with E-state index in [-0.39, 0.29) is 0 Å². The normalized spacial score (nSPS) is 10.6. The molecule has 8 heteroatoms. The van der Waals surface area contributed by atoms with Gasteiger partial charge in [0.2, 0.25) is 0 Å². The van der Waals surface area contributed by atoms with Crippen molar-refractivity contribution in [2.45, 2.75) is 10.1 Å². The molecule has 3 rings (SSSR count). The van der Waals surface area contributed by atoms with Crippen molar-refractivity contribution in [2.75, 3.05) is 19.0 Å². The zero-order valence-corrected chi connectivity index (χ0v) is 15.5. The fourth-order valence-electron chi connectivity index (χ4n) is 2.42. The second-order valence-electron chi connectivity index (χ2n) is 5.88. The number of hydrogen-bond acceptors (Lipinski definition) is 6. The third kappa shape index (κ3) is 3.71. The first-order valence-electron chi connectivity index (χ1n) is 7.89. The average molecular weight is 369 g/mol. The second-order valence-corrected chi connectivity index (χ2v) is 6.92. The summed E-state index contributed by atoms with van der Waals surface area (Å²) >= 11 is 1.45. The highest BCUT2D eigenvalue weighted by Crippen LogP contribution is 2.29. The molecule has 0 fully saturated rings. The van der Waals surface area contributed by atoms with E-state index >= 15 is 0 Å². The molecule has 0 atom stereocenters. The first-order valence-corrected chi connectivity index (χ1v) is 8.70. The smallest absolute Gasteiger partial charge is 0.274 e. The van der Waals surface area contributed by atoms with Gasteiger partial charge in [-0.3, -0.25) is 10.0 Å². The van der Waals surface area contributed by atoms with Gasteiger partial charge in [-0.05, 0) is 48.2 Å². The summed E-state index contributed by atoms with van der Waals surface area (Å²) < 4.78 is 1.94. The largest absolute Gasteiger partial charge is 0.378 e. The van der Waals surface area contributed by atoms with Gasteiger partial charge in [0.05, 0.1) is 0 Å². The minimum absolute atomic E-state index is 0.385. The molecule has 2 aromatic carbocycles. The lowest BCUT2D eigenvalue weighted by Crippen LogP contribution is -2.18. The quantitative estimate of drug-likeness (QED) is 0.532. The van der Waals surface area contributed by atoms with Gasteiger partial charge in [0.15, 0.2) is 11.0 Å². The molecule has 1 aromatic heterocycles.